The minimum absolute atomic E-state index is 0.565. The molecule has 51 heavy (non-hydrogen) atoms. The average Bonchev–Trinajstić information content (AvgIpc) is 3.60. The maximum absolute atomic E-state index is 6.47. The lowest BCUT2D eigenvalue weighted by molar-refractivity contribution is 0.669. The first kappa shape index (κ1) is 29.0. The normalized spacial score (nSPS) is 11.5. The molecule has 10 aromatic rings. The number of hydrogen-bond donors (Lipinski definition) is 0. The number of nitrogens with zero attached hydrogens (tertiary/aromatic N) is 3. The van der Waals surface area contributed by atoms with E-state index in [1.165, 1.54) is 16.5 Å². The molecule has 10 rings (SSSR count). The molecule has 8 aromatic carbocycles. The van der Waals surface area contributed by atoms with Crippen molar-refractivity contribution in [1.82, 2.24) is 15.0 Å². The number of aromatic nitrogens is 3. The molecule has 238 valence electrons. The van der Waals surface area contributed by atoms with Gasteiger partial charge in [0.2, 0.25) is 0 Å². The number of hydrogen-bond acceptors (Lipinski definition) is 4. The molecule has 0 saturated carbocycles. The summed E-state index contributed by atoms with van der Waals surface area (Å²) >= 11 is 0. The third-order valence-electron chi connectivity index (χ3n) is 9.74. The van der Waals surface area contributed by atoms with E-state index in [4.69, 9.17) is 19.4 Å². The molecule has 0 saturated heterocycles. The molecule has 0 fully saturated rings. The molecule has 4 heteroatoms. The van der Waals surface area contributed by atoms with Crippen molar-refractivity contribution in [3.63, 3.8) is 0 Å². The number of fused-ring (bicyclic) bond motifs is 6. The van der Waals surface area contributed by atoms with E-state index >= 15 is 0 Å². The van der Waals surface area contributed by atoms with Gasteiger partial charge in [0, 0.05) is 21.9 Å². The molecule has 0 unspecified atom stereocenters. The fourth-order valence-electron chi connectivity index (χ4n) is 7.21. The average molecular weight is 652 g/mol. The highest BCUT2D eigenvalue weighted by Crippen LogP contribution is 2.39. The van der Waals surface area contributed by atoms with E-state index in [1.807, 2.05) is 36.4 Å². The first-order valence-electron chi connectivity index (χ1n) is 17.1. The molecule has 0 radical (unpaired) electrons. The summed E-state index contributed by atoms with van der Waals surface area (Å²) in [6, 6.07) is 61.1. The highest BCUT2D eigenvalue weighted by Gasteiger charge is 2.19. The molecule has 0 amide bonds. The molecule has 2 heterocycles. The molecular formula is C47H29N3O. The minimum Gasteiger partial charge on any atom is -0.455 e. The zero-order valence-electron chi connectivity index (χ0n) is 27.5. The van der Waals surface area contributed by atoms with E-state index in [0.717, 1.165) is 65.9 Å². The van der Waals surface area contributed by atoms with Crippen LogP contribution in [0.15, 0.2) is 180 Å². The number of furan rings is 1. The largest absolute Gasteiger partial charge is 0.455 e. The zero-order valence-corrected chi connectivity index (χ0v) is 27.5. The Bertz CT molecular complexity index is 2900. The first-order chi connectivity index (χ1) is 25.3. The highest BCUT2D eigenvalue weighted by atomic mass is 16.3. The van der Waals surface area contributed by atoms with Crippen LogP contribution >= 0.6 is 0 Å². The second-order valence-corrected chi connectivity index (χ2v) is 12.8. The van der Waals surface area contributed by atoms with Gasteiger partial charge in [-0.25, -0.2) is 15.0 Å². The highest BCUT2D eigenvalue weighted by molar-refractivity contribution is 6.14. The van der Waals surface area contributed by atoms with Crippen LogP contribution in [0.1, 0.15) is 0 Å². The van der Waals surface area contributed by atoms with Crippen LogP contribution in [-0.2, 0) is 0 Å². The topological polar surface area (TPSA) is 51.8 Å². The lowest BCUT2D eigenvalue weighted by Crippen LogP contribution is -2.01. The van der Waals surface area contributed by atoms with Crippen LogP contribution in [0, 0.1) is 0 Å². The standard InChI is InChI=1S/C47H29N3O/c1-3-12-30(13-4-1)32-22-24-33(25-23-32)45-48-46(40-20-11-19-39-38-18-9-10-21-43(38)51-44(39)40)50-47(49-45)42-29-35-27-26-34(31-14-5-2-6-15-31)28-41(35)36-16-7-8-17-37(36)42/h1-29H. The Morgan fingerprint density at radius 2 is 0.863 bits per heavy atom. The van der Waals surface area contributed by atoms with Crippen LogP contribution in [0.4, 0.5) is 0 Å². The van der Waals surface area contributed by atoms with Gasteiger partial charge in [-0.05, 0) is 68.1 Å². The molecule has 0 aliphatic heterocycles. The van der Waals surface area contributed by atoms with E-state index in [1.54, 1.807) is 0 Å². The fourth-order valence-corrected chi connectivity index (χ4v) is 7.21. The predicted octanol–water partition coefficient (Wildman–Crippen LogP) is 12.4. The van der Waals surface area contributed by atoms with E-state index in [0.29, 0.717) is 17.5 Å². The van der Waals surface area contributed by atoms with Crippen molar-refractivity contribution < 1.29 is 4.42 Å². The second kappa shape index (κ2) is 11.9. The van der Waals surface area contributed by atoms with Crippen LogP contribution in [0.5, 0.6) is 0 Å². The lowest BCUT2D eigenvalue weighted by atomic mass is 9.94. The van der Waals surface area contributed by atoms with E-state index in [-0.39, 0.29) is 0 Å². The first-order valence-corrected chi connectivity index (χ1v) is 17.1. The Morgan fingerprint density at radius 1 is 0.314 bits per heavy atom. The Balaban J connectivity index is 1.20. The SMILES string of the molecule is c1ccc(-c2ccc(-c3nc(-c4cc5ccc(-c6ccccc6)cc5c5ccccc45)nc(-c4cccc5c4oc4ccccc45)n3)cc2)cc1. The Labute approximate surface area is 294 Å². The van der Waals surface area contributed by atoms with Crippen molar-refractivity contribution in [3.8, 4) is 56.4 Å². The third kappa shape index (κ3) is 5.04. The maximum Gasteiger partial charge on any atom is 0.167 e. The zero-order chi connectivity index (χ0) is 33.7. The predicted molar refractivity (Wildman–Crippen MR) is 209 cm³/mol. The van der Waals surface area contributed by atoms with Crippen LogP contribution in [-0.4, -0.2) is 15.0 Å². The Hall–Kier alpha value is -6.91. The number of rotatable bonds is 5. The Morgan fingerprint density at radius 3 is 1.63 bits per heavy atom. The smallest absolute Gasteiger partial charge is 0.167 e. The van der Waals surface area contributed by atoms with Gasteiger partial charge in [0.05, 0.1) is 5.56 Å². The van der Waals surface area contributed by atoms with Crippen molar-refractivity contribution in [2.45, 2.75) is 0 Å². The molecule has 0 N–H and O–H groups in total. The molecule has 0 spiro atoms. The van der Waals surface area contributed by atoms with Gasteiger partial charge in [-0.3, -0.25) is 0 Å². The van der Waals surface area contributed by atoms with Crippen LogP contribution in [0.25, 0.3) is 99.9 Å². The van der Waals surface area contributed by atoms with Crippen molar-refractivity contribution >= 4 is 43.5 Å². The van der Waals surface area contributed by atoms with Gasteiger partial charge < -0.3 is 4.42 Å². The number of para-hydroxylation sites is 2. The quantitative estimate of drug-likeness (QED) is 0.174. The molecule has 0 atom stereocenters. The number of benzene rings is 8. The van der Waals surface area contributed by atoms with Crippen LogP contribution in [0.3, 0.4) is 0 Å². The molecular weight excluding hydrogens is 623 g/mol. The molecule has 2 aromatic heterocycles. The van der Waals surface area contributed by atoms with Gasteiger partial charge in [-0.15, -0.1) is 0 Å². The second-order valence-electron chi connectivity index (χ2n) is 12.8. The van der Waals surface area contributed by atoms with Gasteiger partial charge >= 0.3 is 0 Å². The van der Waals surface area contributed by atoms with Crippen molar-refractivity contribution in [3.05, 3.63) is 176 Å². The third-order valence-corrected chi connectivity index (χ3v) is 9.74. The van der Waals surface area contributed by atoms with Crippen molar-refractivity contribution in [2.75, 3.05) is 0 Å². The van der Waals surface area contributed by atoms with Crippen LogP contribution in [0.2, 0.25) is 0 Å². The molecule has 0 aliphatic rings. The molecule has 0 aliphatic carbocycles. The summed E-state index contributed by atoms with van der Waals surface area (Å²) in [7, 11) is 0. The summed E-state index contributed by atoms with van der Waals surface area (Å²) in [6.45, 7) is 0. The molecule has 0 bridgehead atoms. The summed E-state index contributed by atoms with van der Waals surface area (Å²) in [5, 5.41) is 6.64. The van der Waals surface area contributed by atoms with Crippen LogP contribution < -0.4 is 0 Å². The lowest BCUT2D eigenvalue weighted by Gasteiger charge is -2.13. The van der Waals surface area contributed by atoms with E-state index in [2.05, 4.69) is 140 Å². The summed E-state index contributed by atoms with van der Waals surface area (Å²) in [5.41, 5.74) is 8.96. The fraction of sp³-hybridized carbons (Fsp3) is 0. The van der Waals surface area contributed by atoms with E-state index in [9.17, 15) is 0 Å². The summed E-state index contributed by atoms with van der Waals surface area (Å²) in [5.74, 6) is 1.78. The van der Waals surface area contributed by atoms with Crippen molar-refractivity contribution in [1.29, 1.82) is 0 Å². The maximum atomic E-state index is 6.47. The van der Waals surface area contributed by atoms with Gasteiger partial charge in [0.1, 0.15) is 11.2 Å². The van der Waals surface area contributed by atoms with Gasteiger partial charge in [0.25, 0.3) is 0 Å². The van der Waals surface area contributed by atoms with Gasteiger partial charge in [-0.1, -0.05) is 152 Å². The minimum atomic E-state index is 0.565. The summed E-state index contributed by atoms with van der Waals surface area (Å²) < 4.78 is 6.47. The van der Waals surface area contributed by atoms with Crippen molar-refractivity contribution in [2.24, 2.45) is 0 Å². The Kier molecular flexibility index (Phi) is 6.78. The summed E-state index contributed by atoms with van der Waals surface area (Å²) in [6.07, 6.45) is 0. The monoisotopic (exact) mass is 651 g/mol. The van der Waals surface area contributed by atoms with Gasteiger partial charge in [-0.2, -0.15) is 0 Å². The van der Waals surface area contributed by atoms with Gasteiger partial charge in [0.15, 0.2) is 17.5 Å². The molecule has 4 nitrogen and oxygen atoms in total. The van der Waals surface area contributed by atoms with E-state index < -0.39 is 0 Å². The summed E-state index contributed by atoms with van der Waals surface area (Å²) in [4.78, 5) is 15.5.